The molecule has 0 atom stereocenters. The molecule has 1 aromatic carbocycles. The lowest BCUT2D eigenvalue weighted by atomic mass is 10.0. The van der Waals surface area contributed by atoms with E-state index in [1.54, 1.807) is 0 Å². The first-order valence-electron chi connectivity index (χ1n) is 6.44. The Balaban J connectivity index is 2.13. The maximum absolute atomic E-state index is 10.4. The summed E-state index contributed by atoms with van der Waals surface area (Å²) in [6.07, 6.45) is 3.95. The Morgan fingerprint density at radius 2 is 2.11 bits per heavy atom. The van der Waals surface area contributed by atoms with Crippen LogP contribution in [0.25, 0.3) is 0 Å². The maximum Gasteiger partial charge on any atom is 0.105 e. The van der Waals surface area contributed by atoms with E-state index < -0.39 is 5.60 Å². The Hall–Kier alpha value is -0.840. The Morgan fingerprint density at radius 3 is 2.63 bits per heavy atom. The van der Waals surface area contributed by atoms with E-state index >= 15 is 0 Å². The fraction of sp³-hybridized carbons (Fsp3) is 0.500. The van der Waals surface area contributed by atoms with Gasteiger partial charge in [-0.15, -0.1) is 0 Å². The number of likely N-dealkylation sites (N-methyl/N-ethyl adjacent to an activating group) is 1. The SMILES string of the molecule is CN(CC1(O)CCCC1)c1ccc(C(N)=S)c(Cl)c1. The van der Waals surface area contributed by atoms with Crippen LogP contribution in [0.3, 0.4) is 0 Å². The molecule has 0 radical (unpaired) electrons. The summed E-state index contributed by atoms with van der Waals surface area (Å²) in [5, 5.41) is 11.0. The highest BCUT2D eigenvalue weighted by Gasteiger charge is 2.32. The zero-order valence-electron chi connectivity index (χ0n) is 11.0. The lowest BCUT2D eigenvalue weighted by Crippen LogP contribution is -2.39. The number of rotatable bonds is 4. The van der Waals surface area contributed by atoms with Crippen LogP contribution < -0.4 is 10.6 Å². The van der Waals surface area contributed by atoms with Crippen molar-refractivity contribution in [3.63, 3.8) is 0 Å². The molecule has 0 spiro atoms. The predicted molar refractivity (Wildman–Crippen MR) is 84.0 cm³/mol. The summed E-state index contributed by atoms with van der Waals surface area (Å²) < 4.78 is 0. The first kappa shape index (κ1) is 14.6. The standard InChI is InChI=1S/C14H19ClN2OS/c1-17(9-14(18)6-2-3-7-14)10-4-5-11(13(16)19)12(15)8-10/h4-5,8,18H,2-3,6-7,9H2,1H3,(H2,16,19). The monoisotopic (exact) mass is 298 g/mol. The van der Waals surface area contributed by atoms with Crippen molar-refractivity contribution < 1.29 is 5.11 Å². The molecule has 19 heavy (non-hydrogen) atoms. The van der Waals surface area contributed by atoms with E-state index in [9.17, 15) is 5.11 Å². The minimum Gasteiger partial charge on any atom is -0.389 e. The first-order valence-corrected chi connectivity index (χ1v) is 7.23. The van der Waals surface area contributed by atoms with Crippen LogP contribution in [0.15, 0.2) is 18.2 Å². The maximum atomic E-state index is 10.4. The number of nitrogens with zero attached hydrogens (tertiary/aromatic N) is 1. The van der Waals surface area contributed by atoms with E-state index in [1.165, 1.54) is 0 Å². The molecule has 0 aromatic heterocycles. The van der Waals surface area contributed by atoms with Crippen LogP contribution in [0.5, 0.6) is 0 Å². The van der Waals surface area contributed by atoms with Gasteiger partial charge in [-0.1, -0.05) is 36.7 Å². The summed E-state index contributed by atoms with van der Waals surface area (Å²) in [4.78, 5) is 2.33. The number of benzene rings is 1. The highest BCUT2D eigenvalue weighted by atomic mass is 35.5. The molecule has 1 aliphatic carbocycles. The molecule has 3 N–H and O–H groups in total. The number of nitrogens with two attached hydrogens (primary N) is 1. The fourth-order valence-electron chi connectivity index (χ4n) is 2.67. The third kappa shape index (κ3) is 3.38. The molecule has 0 aliphatic heterocycles. The van der Waals surface area contributed by atoms with E-state index in [2.05, 4.69) is 0 Å². The molecule has 3 nitrogen and oxygen atoms in total. The Labute approximate surface area is 124 Å². The minimum atomic E-state index is -0.566. The molecule has 1 fully saturated rings. The molecule has 1 aliphatic rings. The molecule has 2 rings (SSSR count). The first-order chi connectivity index (χ1) is 8.91. The Bertz CT molecular complexity index is 486. The number of hydrogen-bond acceptors (Lipinski definition) is 3. The average Bonchev–Trinajstić information content (AvgIpc) is 2.75. The largest absolute Gasteiger partial charge is 0.389 e. The van der Waals surface area contributed by atoms with Crippen molar-refractivity contribution in [1.82, 2.24) is 0 Å². The lowest BCUT2D eigenvalue weighted by Gasteiger charge is -2.30. The molecule has 1 aromatic rings. The zero-order valence-corrected chi connectivity index (χ0v) is 12.6. The lowest BCUT2D eigenvalue weighted by molar-refractivity contribution is 0.0559. The molecule has 0 saturated heterocycles. The van der Waals surface area contributed by atoms with Gasteiger partial charge in [0, 0.05) is 24.8 Å². The second-order valence-corrected chi connectivity index (χ2v) is 6.16. The number of hydrogen-bond donors (Lipinski definition) is 2. The van der Waals surface area contributed by atoms with Crippen molar-refractivity contribution >= 4 is 34.5 Å². The highest BCUT2D eigenvalue weighted by molar-refractivity contribution is 7.80. The molecule has 1 saturated carbocycles. The summed E-state index contributed by atoms with van der Waals surface area (Å²) in [6.45, 7) is 0.621. The van der Waals surface area contributed by atoms with Crippen LogP contribution in [0.1, 0.15) is 31.2 Å². The summed E-state index contributed by atoms with van der Waals surface area (Å²) in [7, 11) is 1.96. The minimum absolute atomic E-state index is 0.300. The van der Waals surface area contributed by atoms with Gasteiger partial charge in [-0.3, -0.25) is 0 Å². The second-order valence-electron chi connectivity index (χ2n) is 5.32. The van der Waals surface area contributed by atoms with Gasteiger partial charge in [0.05, 0.1) is 10.6 Å². The Kier molecular flexibility index (Phi) is 4.33. The van der Waals surface area contributed by atoms with Gasteiger partial charge < -0.3 is 15.7 Å². The van der Waals surface area contributed by atoms with Gasteiger partial charge in [-0.25, -0.2) is 0 Å². The van der Waals surface area contributed by atoms with Crippen LogP contribution in [-0.4, -0.2) is 29.3 Å². The molecule has 5 heteroatoms. The number of halogens is 1. The number of anilines is 1. The molecule has 0 bridgehead atoms. The van der Waals surface area contributed by atoms with E-state index in [4.69, 9.17) is 29.6 Å². The summed E-state index contributed by atoms with van der Waals surface area (Å²) in [6, 6.07) is 5.60. The van der Waals surface area contributed by atoms with Crippen LogP contribution in [-0.2, 0) is 0 Å². The van der Waals surface area contributed by atoms with Crippen molar-refractivity contribution in [2.45, 2.75) is 31.3 Å². The molecule has 104 valence electrons. The third-order valence-electron chi connectivity index (χ3n) is 3.72. The van der Waals surface area contributed by atoms with Gasteiger partial charge in [0.15, 0.2) is 0 Å². The summed E-state index contributed by atoms with van der Waals surface area (Å²) in [5.41, 5.74) is 6.67. The highest BCUT2D eigenvalue weighted by Crippen LogP contribution is 2.32. The van der Waals surface area contributed by atoms with Crippen LogP contribution in [0.2, 0.25) is 5.02 Å². The smallest absolute Gasteiger partial charge is 0.105 e. The van der Waals surface area contributed by atoms with Gasteiger partial charge in [0.25, 0.3) is 0 Å². The van der Waals surface area contributed by atoms with Crippen LogP contribution in [0, 0.1) is 0 Å². The van der Waals surface area contributed by atoms with Crippen molar-refractivity contribution in [1.29, 1.82) is 0 Å². The van der Waals surface area contributed by atoms with Crippen molar-refractivity contribution in [2.75, 3.05) is 18.5 Å². The van der Waals surface area contributed by atoms with Gasteiger partial charge in [0.2, 0.25) is 0 Å². The molecule has 0 amide bonds. The summed E-state index contributed by atoms with van der Waals surface area (Å²) >= 11 is 11.1. The third-order valence-corrected chi connectivity index (χ3v) is 4.26. The van der Waals surface area contributed by atoms with Crippen LogP contribution in [0.4, 0.5) is 5.69 Å². The number of thiocarbonyl (C=S) groups is 1. The van der Waals surface area contributed by atoms with Crippen LogP contribution >= 0.6 is 23.8 Å². The quantitative estimate of drug-likeness (QED) is 0.839. The normalized spacial score (nSPS) is 17.4. The van der Waals surface area contributed by atoms with Gasteiger partial charge in [-0.2, -0.15) is 0 Å². The van der Waals surface area contributed by atoms with Gasteiger partial charge in [0.1, 0.15) is 4.99 Å². The van der Waals surface area contributed by atoms with Gasteiger partial charge >= 0.3 is 0 Å². The summed E-state index contributed by atoms with van der Waals surface area (Å²) in [5.74, 6) is 0. The van der Waals surface area contributed by atoms with E-state index in [1.807, 2.05) is 30.1 Å². The molecular formula is C14H19ClN2OS. The average molecular weight is 299 g/mol. The topological polar surface area (TPSA) is 49.5 Å². The van der Waals surface area contributed by atoms with Crippen molar-refractivity contribution in [2.24, 2.45) is 5.73 Å². The van der Waals surface area contributed by atoms with Crippen molar-refractivity contribution in [3.8, 4) is 0 Å². The zero-order chi connectivity index (χ0) is 14.0. The van der Waals surface area contributed by atoms with E-state index in [0.717, 1.165) is 31.4 Å². The number of aliphatic hydroxyl groups is 1. The molecule has 0 heterocycles. The molecular weight excluding hydrogens is 280 g/mol. The molecule has 0 unspecified atom stereocenters. The predicted octanol–water partition coefficient (Wildman–Crippen LogP) is 2.72. The van der Waals surface area contributed by atoms with Gasteiger partial charge in [-0.05, 0) is 31.0 Å². The van der Waals surface area contributed by atoms with Crippen molar-refractivity contribution in [3.05, 3.63) is 28.8 Å². The van der Waals surface area contributed by atoms with E-state index in [-0.39, 0.29) is 0 Å². The fourth-order valence-corrected chi connectivity index (χ4v) is 3.18. The van der Waals surface area contributed by atoms with E-state index in [0.29, 0.717) is 22.1 Å². The Morgan fingerprint density at radius 1 is 1.47 bits per heavy atom. The second kappa shape index (κ2) is 5.65.